The monoisotopic (exact) mass is 286 g/mol. The molecule has 0 radical (unpaired) electrons. The van der Waals surface area contributed by atoms with Crippen molar-refractivity contribution in [2.75, 3.05) is 12.3 Å². The Balaban J connectivity index is 1.85. The van der Waals surface area contributed by atoms with Gasteiger partial charge in [0.2, 0.25) is 0 Å². The molecule has 1 saturated carbocycles. The predicted molar refractivity (Wildman–Crippen MR) is 68.0 cm³/mol. The molecule has 15 heavy (non-hydrogen) atoms. The van der Waals surface area contributed by atoms with Crippen LogP contribution in [0.15, 0.2) is 27.8 Å². The van der Waals surface area contributed by atoms with Crippen LogP contribution in [0.1, 0.15) is 19.3 Å². The van der Waals surface area contributed by atoms with Crippen LogP contribution in [0.3, 0.4) is 0 Å². The molecule has 2 rings (SSSR count). The van der Waals surface area contributed by atoms with E-state index < -0.39 is 0 Å². The second kappa shape index (κ2) is 4.85. The molecule has 1 aliphatic carbocycles. The number of rotatable bonds is 5. The molecule has 0 spiro atoms. The number of pyridine rings is 1. The van der Waals surface area contributed by atoms with Gasteiger partial charge in [-0.2, -0.15) is 0 Å². The number of hydrogen-bond acceptors (Lipinski definition) is 3. The molecule has 1 fully saturated rings. The first-order chi connectivity index (χ1) is 7.24. The highest BCUT2D eigenvalue weighted by atomic mass is 79.9. The summed E-state index contributed by atoms with van der Waals surface area (Å²) in [4.78, 5) is 4.35. The predicted octanol–water partition coefficient (Wildman–Crippen LogP) is 3.07. The molecule has 1 aromatic rings. The summed E-state index contributed by atoms with van der Waals surface area (Å²) in [6.45, 7) is 0.814. The Morgan fingerprint density at radius 2 is 2.27 bits per heavy atom. The van der Waals surface area contributed by atoms with E-state index in [0.717, 1.165) is 22.5 Å². The molecule has 1 aliphatic rings. The Kier molecular flexibility index (Phi) is 3.69. The summed E-state index contributed by atoms with van der Waals surface area (Å²) >= 11 is 5.24. The third kappa shape index (κ3) is 3.20. The fraction of sp³-hybridized carbons (Fsp3) is 0.545. The summed E-state index contributed by atoms with van der Waals surface area (Å²) in [6, 6.07) is 4.10. The first-order valence-electron chi connectivity index (χ1n) is 5.19. The van der Waals surface area contributed by atoms with Gasteiger partial charge in [0.25, 0.3) is 0 Å². The third-order valence-corrected chi connectivity index (χ3v) is 4.62. The fourth-order valence-corrected chi connectivity index (χ4v) is 3.04. The lowest BCUT2D eigenvalue weighted by Crippen LogP contribution is -2.11. The van der Waals surface area contributed by atoms with Gasteiger partial charge in [-0.3, -0.25) is 0 Å². The largest absolute Gasteiger partial charge is 0.330 e. The molecule has 0 aromatic carbocycles. The van der Waals surface area contributed by atoms with E-state index in [1.807, 2.05) is 24.0 Å². The maximum atomic E-state index is 5.61. The molecule has 0 saturated heterocycles. The van der Waals surface area contributed by atoms with Crippen LogP contribution in [0, 0.1) is 5.41 Å². The van der Waals surface area contributed by atoms with Crippen molar-refractivity contribution in [3.8, 4) is 0 Å². The topological polar surface area (TPSA) is 38.9 Å². The Hall–Kier alpha value is -0.0600. The summed E-state index contributed by atoms with van der Waals surface area (Å²) in [7, 11) is 0. The minimum Gasteiger partial charge on any atom is -0.330 e. The van der Waals surface area contributed by atoms with Crippen molar-refractivity contribution in [3.05, 3.63) is 22.8 Å². The Morgan fingerprint density at radius 3 is 2.80 bits per heavy atom. The van der Waals surface area contributed by atoms with E-state index >= 15 is 0 Å². The summed E-state index contributed by atoms with van der Waals surface area (Å²) in [5.74, 6) is 1.17. The number of nitrogens with two attached hydrogens (primary N) is 1. The number of hydrogen-bond donors (Lipinski definition) is 1. The van der Waals surface area contributed by atoms with Gasteiger partial charge in [0, 0.05) is 16.4 Å². The van der Waals surface area contributed by atoms with Crippen molar-refractivity contribution in [2.45, 2.75) is 24.3 Å². The van der Waals surface area contributed by atoms with Crippen LogP contribution in [0.4, 0.5) is 0 Å². The second-order valence-corrected chi connectivity index (χ2v) is 6.05. The highest BCUT2D eigenvalue weighted by molar-refractivity contribution is 9.10. The van der Waals surface area contributed by atoms with Gasteiger partial charge < -0.3 is 5.73 Å². The van der Waals surface area contributed by atoms with Gasteiger partial charge >= 0.3 is 0 Å². The smallest absolute Gasteiger partial charge is 0.0960 e. The molecule has 0 atom stereocenters. The summed E-state index contributed by atoms with van der Waals surface area (Å²) in [6.07, 6.45) is 5.70. The van der Waals surface area contributed by atoms with Crippen molar-refractivity contribution in [3.63, 3.8) is 0 Å². The number of aromatic nitrogens is 1. The van der Waals surface area contributed by atoms with Gasteiger partial charge in [0.1, 0.15) is 0 Å². The summed E-state index contributed by atoms with van der Waals surface area (Å²) in [5.41, 5.74) is 6.15. The standard InChI is InChI=1S/C11H15BrN2S/c12-9-1-2-10(14-7-9)15-8-11(3-4-11)5-6-13/h1-2,7H,3-6,8,13H2. The van der Waals surface area contributed by atoms with E-state index in [-0.39, 0.29) is 0 Å². The van der Waals surface area contributed by atoms with E-state index in [2.05, 4.69) is 27.0 Å². The van der Waals surface area contributed by atoms with Crippen molar-refractivity contribution in [1.29, 1.82) is 0 Å². The molecule has 1 heterocycles. The maximum Gasteiger partial charge on any atom is 0.0960 e. The lowest BCUT2D eigenvalue weighted by atomic mass is 10.1. The van der Waals surface area contributed by atoms with Crippen molar-refractivity contribution >= 4 is 27.7 Å². The molecule has 0 unspecified atom stereocenters. The zero-order valence-electron chi connectivity index (χ0n) is 8.58. The fourth-order valence-electron chi connectivity index (χ4n) is 1.62. The molecular formula is C11H15BrN2S. The minimum absolute atomic E-state index is 0.536. The second-order valence-electron chi connectivity index (χ2n) is 4.14. The molecule has 0 bridgehead atoms. The SMILES string of the molecule is NCCC1(CSc2ccc(Br)cn2)CC1. The van der Waals surface area contributed by atoms with Gasteiger partial charge in [0.15, 0.2) is 0 Å². The number of nitrogens with zero attached hydrogens (tertiary/aromatic N) is 1. The Morgan fingerprint density at radius 1 is 1.47 bits per heavy atom. The highest BCUT2D eigenvalue weighted by Gasteiger charge is 2.41. The molecule has 1 aromatic heterocycles. The zero-order valence-corrected chi connectivity index (χ0v) is 11.0. The van der Waals surface area contributed by atoms with E-state index in [1.54, 1.807) is 0 Å². The van der Waals surface area contributed by atoms with E-state index in [1.165, 1.54) is 18.6 Å². The molecular weight excluding hydrogens is 272 g/mol. The van der Waals surface area contributed by atoms with Crippen LogP contribution in [-0.2, 0) is 0 Å². The lowest BCUT2D eigenvalue weighted by molar-refractivity contribution is 0.537. The van der Waals surface area contributed by atoms with Crippen LogP contribution in [-0.4, -0.2) is 17.3 Å². The van der Waals surface area contributed by atoms with Crippen molar-refractivity contribution in [2.24, 2.45) is 11.1 Å². The third-order valence-electron chi connectivity index (χ3n) is 2.86. The van der Waals surface area contributed by atoms with Gasteiger partial charge in [0.05, 0.1) is 5.03 Å². The van der Waals surface area contributed by atoms with Crippen LogP contribution >= 0.6 is 27.7 Å². The van der Waals surface area contributed by atoms with Crippen LogP contribution in [0.25, 0.3) is 0 Å². The maximum absolute atomic E-state index is 5.61. The molecule has 2 nitrogen and oxygen atoms in total. The van der Waals surface area contributed by atoms with E-state index in [4.69, 9.17) is 5.73 Å². The van der Waals surface area contributed by atoms with Crippen LogP contribution in [0.2, 0.25) is 0 Å². The average Bonchev–Trinajstić information content (AvgIpc) is 2.99. The van der Waals surface area contributed by atoms with Crippen LogP contribution in [0.5, 0.6) is 0 Å². The first-order valence-corrected chi connectivity index (χ1v) is 6.96. The normalized spacial score (nSPS) is 17.7. The molecule has 82 valence electrons. The zero-order chi connectivity index (χ0) is 10.7. The first kappa shape index (κ1) is 11.4. The summed E-state index contributed by atoms with van der Waals surface area (Å²) in [5, 5.41) is 1.11. The number of thioether (sulfide) groups is 1. The van der Waals surface area contributed by atoms with Crippen molar-refractivity contribution in [1.82, 2.24) is 4.98 Å². The minimum atomic E-state index is 0.536. The van der Waals surface area contributed by atoms with Crippen molar-refractivity contribution < 1.29 is 0 Å². The van der Waals surface area contributed by atoms with E-state index in [0.29, 0.717) is 5.41 Å². The van der Waals surface area contributed by atoms with Crippen LogP contribution < -0.4 is 5.73 Å². The van der Waals surface area contributed by atoms with Gasteiger partial charge in [-0.1, -0.05) is 0 Å². The molecule has 2 N–H and O–H groups in total. The quantitative estimate of drug-likeness (QED) is 0.846. The average molecular weight is 287 g/mol. The van der Waals surface area contributed by atoms with Gasteiger partial charge in [-0.15, -0.1) is 11.8 Å². The van der Waals surface area contributed by atoms with E-state index in [9.17, 15) is 0 Å². The Labute approximate surface area is 103 Å². The molecule has 0 aliphatic heterocycles. The lowest BCUT2D eigenvalue weighted by Gasteiger charge is -2.12. The highest BCUT2D eigenvalue weighted by Crippen LogP contribution is 2.51. The Bertz CT molecular complexity index is 322. The van der Waals surface area contributed by atoms with Gasteiger partial charge in [-0.25, -0.2) is 4.98 Å². The number of halogens is 1. The summed E-state index contributed by atoms with van der Waals surface area (Å²) < 4.78 is 1.04. The van der Waals surface area contributed by atoms with Gasteiger partial charge in [-0.05, 0) is 59.3 Å². The molecule has 0 amide bonds. The molecule has 4 heteroatoms.